The van der Waals surface area contributed by atoms with Gasteiger partial charge < -0.3 is 4.40 Å². The third kappa shape index (κ3) is 3.57. The second-order valence-electron chi connectivity index (χ2n) is 4.83. The molecule has 2 aromatic heterocycles. The molecule has 2 rings (SSSR count). The fourth-order valence-corrected chi connectivity index (χ4v) is 3.03. The molecule has 0 aliphatic rings. The van der Waals surface area contributed by atoms with E-state index in [4.69, 9.17) is 4.98 Å². The topological polar surface area (TPSA) is 20.5 Å². The molecule has 104 valence electrons. The van der Waals surface area contributed by atoms with Gasteiger partial charge in [0.05, 0.1) is 5.69 Å². The first kappa shape index (κ1) is 14.5. The van der Waals surface area contributed by atoms with Gasteiger partial charge in [0.15, 0.2) is 0 Å². The number of fused-ring (bicyclic) bond motifs is 1. The molecule has 0 fully saturated rings. The summed E-state index contributed by atoms with van der Waals surface area (Å²) in [5.74, 6) is 0. The molecule has 0 aliphatic heterocycles. The van der Waals surface area contributed by atoms with Gasteiger partial charge in [-0.2, -0.15) is 0 Å². The lowest BCUT2D eigenvalue weighted by molar-refractivity contribution is 0.187. The highest BCUT2D eigenvalue weighted by atomic mass is 79.9. The lowest BCUT2D eigenvalue weighted by atomic mass is 10.1. The van der Waals surface area contributed by atoms with Gasteiger partial charge in [0.25, 0.3) is 0 Å². The summed E-state index contributed by atoms with van der Waals surface area (Å²) in [6, 6.07) is 6.76. The summed E-state index contributed by atoms with van der Waals surface area (Å²) in [4.78, 5) is 7.22. The van der Waals surface area contributed by atoms with Crippen molar-refractivity contribution in [1.82, 2.24) is 14.3 Å². The Morgan fingerprint density at radius 1 is 1.32 bits per heavy atom. The summed E-state index contributed by atoms with van der Waals surface area (Å²) >= 11 is 3.56. The summed E-state index contributed by atoms with van der Waals surface area (Å²) in [6.07, 6.45) is 6.57. The van der Waals surface area contributed by atoms with Gasteiger partial charge >= 0.3 is 0 Å². The maximum Gasteiger partial charge on any atom is 0.137 e. The quantitative estimate of drug-likeness (QED) is 0.724. The van der Waals surface area contributed by atoms with E-state index in [1.807, 2.05) is 12.1 Å². The van der Waals surface area contributed by atoms with Gasteiger partial charge in [0, 0.05) is 36.9 Å². The monoisotopic (exact) mass is 323 g/mol. The van der Waals surface area contributed by atoms with Crippen LogP contribution in [-0.4, -0.2) is 32.2 Å². The molecule has 0 saturated carbocycles. The molecule has 0 spiro atoms. The van der Waals surface area contributed by atoms with E-state index >= 15 is 0 Å². The Morgan fingerprint density at radius 2 is 2.11 bits per heavy atom. The van der Waals surface area contributed by atoms with Gasteiger partial charge in [0.1, 0.15) is 5.65 Å². The number of aromatic nitrogens is 2. The molecule has 0 atom stereocenters. The molecule has 0 radical (unpaired) electrons. The van der Waals surface area contributed by atoms with E-state index in [1.54, 1.807) is 0 Å². The molecule has 0 unspecified atom stereocenters. The summed E-state index contributed by atoms with van der Waals surface area (Å²) in [5, 5.41) is 1.01. The molecule has 19 heavy (non-hydrogen) atoms. The second kappa shape index (κ2) is 7.06. The molecule has 2 aromatic rings. The van der Waals surface area contributed by atoms with Crippen LogP contribution in [0.4, 0.5) is 0 Å². The average Bonchev–Trinajstić information content (AvgIpc) is 2.82. The van der Waals surface area contributed by atoms with Crippen LogP contribution in [-0.2, 0) is 6.54 Å². The first-order valence-electron chi connectivity index (χ1n) is 7.01. The number of alkyl halides is 1. The zero-order valence-electron chi connectivity index (χ0n) is 11.7. The number of rotatable bonds is 7. The van der Waals surface area contributed by atoms with E-state index in [0.717, 1.165) is 29.8 Å². The van der Waals surface area contributed by atoms with Crippen LogP contribution in [0, 0.1) is 0 Å². The predicted octanol–water partition coefficient (Wildman–Crippen LogP) is 3.72. The van der Waals surface area contributed by atoms with Crippen LogP contribution in [0.15, 0.2) is 30.6 Å². The summed E-state index contributed by atoms with van der Waals surface area (Å²) < 4.78 is 2.09. The van der Waals surface area contributed by atoms with Crippen molar-refractivity contribution in [3.05, 3.63) is 36.3 Å². The molecular formula is C15H22BrN3. The highest BCUT2D eigenvalue weighted by Gasteiger charge is 2.16. The number of nitrogens with zero attached hydrogens (tertiary/aromatic N) is 3. The Kier molecular flexibility index (Phi) is 5.40. The molecule has 0 N–H and O–H groups in total. The van der Waals surface area contributed by atoms with Gasteiger partial charge in [0.2, 0.25) is 0 Å². The summed E-state index contributed by atoms with van der Waals surface area (Å²) in [6.45, 7) is 6.53. The lowest BCUT2D eigenvalue weighted by Crippen LogP contribution is -2.35. The zero-order valence-corrected chi connectivity index (χ0v) is 13.3. The van der Waals surface area contributed by atoms with Crippen molar-refractivity contribution in [2.75, 3.05) is 11.9 Å². The highest BCUT2D eigenvalue weighted by molar-refractivity contribution is 9.09. The van der Waals surface area contributed by atoms with Crippen molar-refractivity contribution in [1.29, 1.82) is 0 Å². The SMILES string of the molecule is CCC(CC)N(CCBr)Cc1cn2ccccc2n1. The van der Waals surface area contributed by atoms with Crippen LogP contribution < -0.4 is 0 Å². The van der Waals surface area contributed by atoms with Crippen LogP contribution in [0.3, 0.4) is 0 Å². The minimum absolute atomic E-state index is 0.641. The molecule has 4 heteroatoms. The number of imidazole rings is 1. The minimum atomic E-state index is 0.641. The Bertz CT molecular complexity index is 472. The van der Waals surface area contributed by atoms with Gasteiger partial charge in [-0.05, 0) is 25.0 Å². The largest absolute Gasteiger partial charge is 0.307 e. The van der Waals surface area contributed by atoms with Crippen LogP contribution in [0.25, 0.3) is 5.65 Å². The van der Waals surface area contributed by atoms with E-state index in [-0.39, 0.29) is 0 Å². The van der Waals surface area contributed by atoms with E-state index in [1.165, 1.54) is 12.8 Å². The molecule has 3 nitrogen and oxygen atoms in total. The molecule has 0 aliphatic carbocycles. The number of hydrogen-bond donors (Lipinski definition) is 0. The van der Waals surface area contributed by atoms with Crippen LogP contribution in [0.1, 0.15) is 32.4 Å². The Hall–Kier alpha value is -0.870. The maximum atomic E-state index is 4.69. The number of pyridine rings is 1. The summed E-state index contributed by atoms with van der Waals surface area (Å²) in [5.41, 5.74) is 2.18. The first-order valence-corrected chi connectivity index (χ1v) is 8.13. The van der Waals surface area contributed by atoms with E-state index in [0.29, 0.717) is 6.04 Å². The molecule has 2 heterocycles. The van der Waals surface area contributed by atoms with Crippen molar-refractivity contribution < 1.29 is 0 Å². The van der Waals surface area contributed by atoms with Gasteiger partial charge in [-0.3, -0.25) is 4.90 Å². The van der Waals surface area contributed by atoms with Gasteiger partial charge in [-0.15, -0.1) is 0 Å². The van der Waals surface area contributed by atoms with Gasteiger partial charge in [-0.1, -0.05) is 35.8 Å². The van der Waals surface area contributed by atoms with E-state index in [9.17, 15) is 0 Å². The van der Waals surface area contributed by atoms with Crippen molar-refractivity contribution in [2.45, 2.75) is 39.3 Å². The van der Waals surface area contributed by atoms with E-state index in [2.05, 4.69) is 57.5 Å². The number of halogens is 1. The molecule has 0 saturated heterocycles. The third-order valence-corrected chi connectivity index (χ3v) is 3.96. The molecular weight excluding hydrogens is 302 g/mol. The Labute approximate surface area is 123 Å². The predicted molar refractivity (Wildman–Crippen MR) is 83.8 cm³/mol. The van der Waals surface area contributed by atoms with Gasteiger partial charge in [-0.25, -0.2) is 4.98 Å². The van der Waals surface area contributed by atoms with Crippen molar-refractivity contribution in [3.8, 4) is 0 Å². The fourth-order valence-electron chi connectivity index (χ4n) is 2.58. The molecule has 0 amide bonds. The first-order chi connectivity index (χ1) is 9.28. The van der Waals surface area contributed by atoms with Crippen LogP contribution in [0.5, 0.6) is 0 Å². The third-order valence-electron chi connectivity index (χ3n) is 3.61. The second-order valence-corrected chi connectivity index (χ2v) is 5.62. The standard InChI is InChI=1S/C15H22BrN3/c1-3-14(4-2)18(10-8-16)11-13-12-19-9-6-5-7-15(19)17-13/h5-7,9,12,14H,3-4,8,10-11H2,1-2H3. The number of hydrogen-bond acceptors (Lipinski definition) is 2. The highest BCUT2D eigenvalue weighted by Crippen LogP contribution is 2.14. The molecule has 0 aromatic carbocycles. The normalized spacial score (nSPS) is 11.8. The average molecular weight is 324 g/mol. The van der Waals surface area contributed by atoms with Crippen LogP contribution in [0.2, 0.25) is 0 Å². The summed E-state index contributed by atoms with van der Waals surface area (Å²) in [7, 11) is 0. The fraction of sp³-hybridized carbons (Fsp3) is 0.533. The Morgan fingerprint density at radius 3 is 2.74 bits per heavy atom. The van der Waals surface area contributed by atoms with Crippen molar-refractivity contribution >= 4 is 21.6 Å². The van der Waals surface area contributed by atoms with E-state index < -0.39 is 0 Å². The maximum absolute atomic E-state index is 4.69. The van der Waals surface area contributed by atoms with Crippen molar-refractivity contribution in [3.63, 3.8) is 0 Å². The van der Waals surface area contributed by atoms with Crippen molar-refractivity contribution in [2.24, 2.45) is 0 Å². The molecule has 0 bridgehead atoms. The minimum Gasteiger partial charge on any atom is -0.307 e. The Balaban J connectivity index is 2.15. The lowest BCUT2D eigenvalue weighted by Gasteiger charge is -2.29. The zero-order chi connectivity index (χ0) is 13.7. The van der Waals surface area contributed by atoms with Crippen LogP contribution >= 0.6 is 15.9 Å². The smallest absolute Gasteiger partial charge is 0.137 e.